The van der Waals surface area contributed by atoms with Crippen LogP contribution in [0.15, 0.2) is 17.0 Å². The van der Waals surface area contributed by atoms with Gasteiger partial charge in [-0.1, -0.05) is 13.8 Å². The number of hydrogen-bond acceptors (Lipinski definition) is 4. The summed E-state index contributed by atoms with van der Waals surface area (Å²) in [5.41, 5.74) is 1.44. The zero-order chi connectivity index (χ0) is 14.9. The summed E-state index contributed by atoms with van der Waals surface area (Å²) in [7, 11) is 1.76. The third-order valence-corrected chi connectivity index (χ3v) is 4.75. The monoisotopic (exact) mass is 318 g/mol. The van der Waals surface area contributed by atoms with Gasteiger partial charge in [0.05, 0.1) is 18.1 Å². The van der Waals surface area contributed by atoms with E-state index < -0.39 is 9.05 Å². The molecule has 0 N–H and O–H groups in total. The molecule has 1 atom stereocenters. The molecule has 1 aromatic carbocycles. The van der Waals surface area contributed by atoms with Gasteiger partial charge < -0.3 is 9.47 Å². The van der Waals surface area contributed by atoms with Crippen LogP contribution in [0.4, 0.5) is 0 Å². The van der Waals surface area contributed by atoms with Crippen molar-refractivity contribution in [2.75, 3.05) is 13.2 Å². The number of aryl methyl sites for hydroxylation is 1. The van der Waals surface area contributed by atoms with Crippen LogP contribution in [-0.4, -0.2) is 27.7 Å². The van der Waals surface area contributed by atoms with Crippen molar-refractivity contribution >= 4 is 19.7 Å². The van der Waals surface area contributed by atoms with Crippen molar-refractivity contribution in [2.24, 2.45) is 0 Å². The Morgan fingerprint density at radius 2 is 2.10 bits per heavy atom. The normalized spacial score (nSPS) is 19.6. The first-order valence-corrected chi connectivity index (χ1v) is 8.93. The number of halogens is 1. The Morgan fingerprint density at radius 1 is 1.40 bits per heavy atom. The molecule has 0 aliphatic carbocycles. The molecule has 1 unspecified atom stereocenters. The fourth-order valence-electron chi connectivity index (χ4n) is 2.25. The third kappa shape index (κ3) is 3.45. The molecule has 2 rings (SSSR count). The predicted octanol–water partition coefficient (Wildman–Crippen LogP) is 3.21. The minimum Gasteiger partial charge on any atom is -0.488 e. The van der Waals surface area contributed by atoms with E-state index in [2.05, 4.69) is 0 Å². The van der Waals surface area contributed by atoms with E-state index >= 15 is 0 Å². The lowest BCUT2D eigenvalue weighted by Gasteiger charge is -2.18. The van der Waals surface area contributed by atoms with Gasteiger partial charge in [0.2, 0.25) is 0 Å². The highest BCUT2D eigenvalue weighted by Crippen LogP contribution is 2.33. The molecule has 1 aromatic rings. The van der Waals surface area contributed by atoms with Gasteiger partial charge in [-0.3, -0.25) is 0 Å². The summed E-state index contributed by atoms with van der Waals surface area (Å²) in [5, 5.41) is 0. The van der Waals surface area contributed by atoms with Gasteiger partial charge in [-0.05, 0) is 36.1 Å². The number of hydrogen-bond donors (Lipinski definition) is 0. The van der Waals surface area contributed by atoms with E-state index in [4.69, 9.17) is 20.2 Å². The van der Waals surface area contributed by atoms with E-state index in [-0.39, 0.29) is 16.9 Å². The van der Waals surface area contributed by atoms with Crippen molar-refractivity contribution in [2.45, 2.75) is 44.1 Å². The van der Waals surface area contributed by atoms with Crippen LogP contribution in [0.25, 0.3) is 0 Å². The zero-order valence-corrected chi connectivity index (χ0v) is 13.4. The Balaban J connectivity index is 2.42. The molecule has 1 aliphatic rings. The van der Waals surface area contributed by atoms with E-state index in [1.165, 1.54) is 0 Å². The lowest BCUT2D eigenvalue weighted by molar-refractivity contribution is 0.140. The van der Waals surface area contributed by atoms with Crippen molar-refractivity contribution in [1.29, 1.82) is 0 Å². The van der Waals surface area contributed by atoms with Crippen LogP contribution in [0.5, 0.6) is 5.75 Å². The molecule has 4 nitrogen and oxygen atoms in total. The Hall–Kier alpha value is -0.780. The van der Waals surface area contributed by atoms with E-state index in [0.717, 1.165) is 12.0 Å². The fraction of sp³-hybridized carbons (Fsp3) is 0.571. The first kappa shape index (κ1) is 15.6. The fourth-order valence-corrected chi connectivity index (χ4v) is 3.55. The van der Waals surface area contributed by atoms with Gasteiger partial charge in [0.15, 0.2) is 0 Å². The van der Waals surface area contributed by atoms with E-state index in [9.17, 15) is 8.42 Å². The molecule has 1 heterocycles. The molecule has 0 saturated carbocycles. The van der Waals surface area contributed by atoms with Gasteiger partial charge in [-0.15, -0.1) is 0 Å². The summed E-state index contributed by atoms with van der Waals surface area (Å²) in [5.74, 6) is 0.745. The van der Waals surface area contributed by atoms with Crippen LogP contribution >= 0.6 is 10.7 Å². The molecule has 1 fully saturated rings. The Kier molecular flexibility index (Phi) is 4.62. The van der Waals surface area contributed by atoms with Crippen molar-refractivity contribution in [1.82, 2.24) is 0 Å². The average molecular weight is 319 g/mol. The van der Waals surface area contributed by atoms with Crippen LogP contribution < -0.4 is 4.74 Å². The summed E-state index contributed by atoms with van der Waals surface area (Å²) in [4.78, 5) is 0.168. The molecule has 6 heteroatoms. The second-order valence-electron chi connectivity index (χ2n) is 5.35. The van der Waals surface area contributed by atoms with Crippen molar-refractivity contribution in [3.63, 3.8) is 0 Å². The Bertz CT molecular complexity index is 589. The van der Waals surface area contributed by atoms with Crippen LogP contribution in [0.3, 0.4) is 0 Å². The first-order valence-electron chi connectivity index (χ1n) is 6.62. The number of ether oxygens (including phenoxy) is 2. The Morgan fingerprint density at radius 3 is 2.60 bits per heavy atom. The van der Waals surface area contributed by atoms with Gasteiger partial charge in [0.25, 0.3) is 9.05 Å². The molecule has 1 saturated heterocycles. The van der Waals surface area contributed by atoms with Crippen molar-refractivity contribution in [3.05, 3.63) is 23.3 Å². The summed E-state index contributed by atoms with van der Waals surface area (Å²) < 4.78 is 34.5. The van der Waals surface area contributed by atoms with Gasteiger partial charge in [0.1, 0.15) is 11.9 Å². The summed E-state index contributed by atoms with van der Waals surface area (Å²) in [6.45, 7) is 6.96. The summed E-state index contributed by atoms with van der Waals surface area (Å²) in [6.07, 6.45) is 0.888. The molecule has 1 aliphatic heterocycles. The van der Waals surface area contributed by atoms with Crippen LogP contribution in [0.2, 0.25) is 0 Å². The van der Waals surface area contributed by atoms with E-state index in [1.54, 1.807) is 12.1 Å². The quantitative estimate of drug-likeness (QED) is 0.800. The number of benzene rings is 1. The lowest BCUT2D eigenvalue weighted by Crippen LogP contribution is -2.17. The molecule has 0 amide bonds. The molecule has 0 radical (unpaired) electrons. The maximum atomic E-state index is 11.7. The highest BCUT2D eigenvalue weighted by molar-refractivity contribution is 8.13. The summed E-state index contributed by atoms with van der Waals surface area (Å²) in [6, 6.07) is 3.37. The molecular weight excluding hydrogens is 300 g/mol. The molecule has 20 heavy (non-hydrogen) atoms. The molecule has 0 aromatic heterocycles. The highest BCUT2D eigenvalue weighted by atomic mass is 35.7. The summed E-state index contributed by atoms with van der Waals surface area (Å²) >= 11 is 0. The van der Waals surface area contributed by atoms with Gasteiger partial charge in [-0.2, -0.15) is 0 Å². The lowest BCUT2D eigenvalue weighted by atomic mass is 10.0. The average Bonchev–Trinajstić information content (AvgIpc) is 2.82. The van der Waals surface area contributed by atoms with Gasteiger partial charge >= 0.3 is 0 Å². The van der Waals surface area contributed by atoms with Crippen LogP contribution in [0, 0.1) is 6.92 Å². The third-order valence-electron chi connectivity index (χ3n) is 3.37. The van der Waals surface area contributed by atoms with E-state index in [1.807, 2.05) is 20.8 Å². The minimum absolute atomic E-state index is 0.0344. The van der Waals surface area contributed by atoms with Gasteiger partial charge in [0, 0.05) is 17.1 Å². The zero-order valence-electron chi connectivity index (χ0n) is 11.8. The smallest absolute Gasteiger partial charge is 0.261 e. The SMILES string of the molecule is Cc1cc(S(=O)(=O)Cl)c(C(C)C)cc1OC1CCOC1. The maximum Gasteiger partial charge on any atom is 0.261 e. The second-order valence-corrected chi connectivity index (χ2v) is 7.89. The number of rotatable bonds is 4. The first-order chi connectivity index (χ1) is 9.29. The minimum atomic E-state index is -3.75. The molecular formula is C14H19ClO4S. The Labute approximate surface area is 124 Å². The van der Waals surface area contributed by atoms with Crippen LogP contribution in [-0.2, 0) is 13.8 Å². The maximum absolute atomic E-state index is 11.7. The molecule has 0 spiro atoms. The van der Waals surface area contributed by atoms with Crippen molar-refractivity contribution < 1.29 is 17.9 Å². The topological polar surface area (TPSA) is 52.6 Å². The van der Waals surface area contributed by atoms with Crippen molar-refractivity contribution in [3.8, 4) is 5.75 Å². The van der Waals surface area contributed by atoms with Crippen LogP contribution in [0.1, 0.15) is 37.3 Å². The van der Waals surface area contributed by atoms with Gasteiger partial charge in [-0.25, -0.2) is 8.42 Å². The standard InChI is InChI=1S/C14H19ClO4S/c1-9(2)12-7-13(19-11-4-5-18-8-11)10(3)6-14(12)20(15,16)17/h6-7,9,11H,4-5,8H2,1-3H3. The second kappa shape index (κ2) is 5.92. The highest BCUT2D eigenvalue weighted by Gasteiger charge is 2.23. The van der Waals surface area contributed by atoms with E-state index in [0.29, 0.717) is 24.5 Å². The predicted molar refractivity (Wildman–Crippen MR) is 78.2 cm³/mol. The molecule has 112 valence electrons. The largest absolute Gasteiger partial charge is 0.488 e. The molecule has 0 bridgehead atoms.